The van der Waals surface area contributed by atoms with E-state index >= 15 is 0 Å². The molecule has 0 bridgehead atoms. The molecule has 0 aliphatic rings. The lowest BCUT2D eigenvalue weighted by molar-refractivity contribution is 0.306. The van der Waals surface area contributed by atoms with Crippen LogP contribution in [0.15, 0.2) is 102 Å². The highest BCUT2D eigenvalue weighted by molar-refractivity contribution is 7.90. The zero-order valence-corrected chi connectivity index (χ0v) is 23.0. The summed E-state index contributed by atoms with van der Waals surface area (Å²) >= 11 is 0. The number of benzene rings is 3. The van der Waals surface area contributed by atoms with Gasteiger partial charge in [-0.15, -0.1) is 0 Å². The number of hydrogen-bond acceptors (Lipinski definition) is 7. The minimum absolute atomic E-state index is 0.304. The number of nitrogens with zero attached hydrogens (tertiary/aromatic N) is 5. The van der Waals surface area contributed by atoms with E-state index in [2.05, 4.69) is 15.1 Å². The van der Waals surface area contributed by atoms with Crippen molar-refractivity contribution >= 4 is 20.9 Å². The zero-order chi connectivity index (χ0) is 28.6. The maximum absolute atomic E-state index is 13.9. The molecule has 41 heavy (non-hydrogen) atoms. The number of sulfone groups is 1. The van der Waals surface area contributed by atoms with Gasteiger partial charge in [-0.3, -0.25) is 4.68 Å². The quantitative estimate of drug-likeness (QED) is 0.223. The molecule has 0 aliphatic heterocycles. The summed E-state index contributed by atoms with van der Waals surface area (Å²) in [7, 11) is -1.89. The number of halogens is 1. The molecule has 6 rings (SSSR count). The van der Waals surface area contributed by atoms with Crippen LogP contribution in [0, 0.1) is 5.82 Å². The first-order valence-electron chi connectivity index (χ1n) is 12.7. The van der Waals surface area contributed by atoms with Crippen LogP contribution in [0.4, 0.5) is 4.39 Å². The molecule has 3 aromatic heterocycles. The molecule has 3 aromatic carbocycles. The fourth-order valence-electron chi connectivity index (χ4n) is 4.63. The van der Waals surface area contributed by atoms with E-state index in [9.17, 15) is 12.8 Å². The molecule has 0 aliphatic carbocycles. The summed E-state index contributed by atoms with van der Waals surface area (Å²) in [6.45, 7) is 0.428. The molecule has 0 unspecified atom stereocenters. The summed E-state index contributed by atoms with van der Waals surface area (Å²) < 4.78 is 46.3. The first-order chi connectivity index (χ1) is 19.8. The van der Waals surface area contributed by atoms with Gasteiger partial charge in [-0.25, -0.2) is 27.8 Å². The van der Waals surface area contributed by atoms with E-state index in [1.54, 1.807) is 29.9 Å². The number of aromatic nitrogens is 5. The fourth-order valence-corrected chi connectivity index (χ4v) is 5.15. The average molecular weight is 566 g/mol. The van der Waals surface area contributed by atoms with Crippen LogP contribution in [0.5, 0.6) is 5.75 Å². The molecule has 0 N–H and O–H groups in total. The van der Waals surface area contributed by atoms with Gasteiger partial charge in [-0.2, -0.15) is 5.10 Å². The Morgan fingerprint density at radius 2 is 1.56 bits per heavy atom. The highest BCUT2D eigenvalue weighted by Gasteiger charge is 2.24. The third-order valence-electron chi connectivity index (χ3n) is 6.51. The van der Waals surface area contributed by atoms with Gasteiger partial charge in [0.05, 0.1) is 11.4 Å². The van der Waals surface area contributed by atoms with Crippen LogP contribution >= 0.6 is 0 Å². The topological polar surface area (TPSA) is 99.9 Å². The lowest BCUT2D eigenvalue weighted by atomic mass is 9.91. The van der Waals surface area contributed by atoms with Crippen molar-refractivity contribution in [2.24, 2.45) is 7.05 Å². The molecule has 204 valence electrons. The monoisotopic (exact) mass is 565 g/mol. The Labute approximate surface area is 236 Å². The Balaban J connectivity index is 1.56. The van der Waals surface area contributed by atoms with E-state index in [0.717, 1.165) is 28.3 Å². The van der Waals surface area contributed by atoms with E-state index < -0.39 is 9.84 Å². The summed E-state index contributed by atoms with van der Waals surface area (Å²) in [6.07, 6.45) is 4.32. The predicted octanol–water partition coefficient (Wildman–Crippen LogP) is 5.88. The van der Waals surface area contributed by atoms with Crippen LogP contribution in [0.3, 0.4) is 0 Å². The van der Waals surface area contributed by atoms with Gasteiger partial charge in [0.25, 0.3) is 0 Å². The summed E-state index contributed by atoms with van der Waals surface area (Å²) in [5.41, 5.74) is 5.13. The highest BCUT2D eigenvalue weighted by atomic mass is 32.2. The van der Waals surface area contributed by atoms with Crippen LogP contribution in [0.2, 0.25) is 0 Å². The standard InChI is InChI=1S/C31H24FN5O3S/c1-37-18-25-27(21-10-14-24(15-11-21)40-19-20-6-4-3-5-7-20)28(26-16-17-33-31(34-26)41(2,38)39)29(35-30(25)36-37)22-8-12-23(32)13-9-22/h3-18H,19H2,1-2H3. The molecule has 8 nitrogen and oxygen atoms in total. The van der Waals surface area contributed by atoms with Gasteiger partial charge >= 0.3 is 0 Å². The molecule has 6 aromatic rings. The lowest BCUT2D eigenvalue weighted by Gasteiger charge is -2.16. The normalized spacial score (nSPS) is 11.6. The Hall–Kier alpha value is -4.96. The van der Waals surface area contributed by atoms with Crippen molar-refractivity contribution in [2.45, 2.75) is 11.8 Å². The molecular weight excluding hydrogens is 541 g/mol. The summed E-state index contributed by atoms with van der Waals surface area (Å²) in [5, 5.41) is 4.99. The third-order valence-corrected chi connectivity index (χ3v) is 7.37. The minimum Gasteiger partial charge on any atom is -0.489 e. The van der Waals surface area contributed by atoms with E-state index in [4.69, 9.17) is 9.72 Å². The second kappa shape index (κ2) is 10.5. The molecule has 0 spiro atoms. The van der Waals surface area contributed by atoms with Crippen LogP contribution in [0.25, 0.3) is 44.7 Å². The van der Waals surface area contributed by atoms with Crippen molar-refractivity contribution in [1.29, 1.82) is 0 Å². The molecule has 0 fully saturated rings. The minimum atomic E-state index is -3.69. The van der Waals surface area contributed by atoms with Crippen molar-refractivity contribution in [2.75, 3.05) is 6.26 Å². The maximum atomic E-state index is 13.9. The molecule has 10 heteroatoms. The molecule has 0 saturated heterocycles. The summed E-state index contributed by atoms with van der Waals surface area (Å²) in [4.78, 5) is 13.2. The fraction of sp³-hybridized carbons (Fsp3) is 0.0968. The first kappa shape index (κ1) is 26.3. The number of rotatable bonds is 7. The summed E-state index contributed by atoms with van der Waals surface area (Å²) in [5.74, 6) is 0.303. The third kappa shape index (κ3) is 5.42. The van der Waals surface area contributed by atoms with Crippen molar-refractivity contribution < 1.29 is 17.5 Å². The Morgan fingerprint density at radius 1 is 0.854 bits per heavy atom. The van der Waals surface area contributed by atoms with E-state index in [1.807, 2.05) is 60.8 Å². The molecule has 0 amide bonds. The van der Waals surface area contributed by atoms with Crippen molar-refractivity contribution in [3.63, 3.8) is 0 Å². The average Bonchev–Trinajstić information content (AvgIpc) is 3.36. The Bertz CT molecular complexity index is 1980. The van der Waals surface area contributed by atoms with Crippen LogP contribution < -0.4 is 4.74 Å². The highest BCUT2D eigenvalue weighted by Crippen LogP contribution is 2.42. The predicted molar refractivity (Wildman–Crippen MR) is 154 cm³/mol. The molecular formula is C31H24FN5O3S. The number of pyridine rings is 1. The van der Waals surface area contributed by atoms with Crippen LogP contribution in [-0.4, -0.2) is 39.4 Å². The van der Waals surface area contributed by atoms with E-state index in [-0.39, 0.29) is 11.0 Å². The van der Waals surface area contributed by atoms with Crippen LogP contribution in [-0.2, 0) is 23.5 Å². The Morgan fingerprint density at radius 3 is 2.27 bits per heavy atom. The number of fused-ring (bicyclic) bond motifs is 1. The van der Waals surface area contributed by atoms with Gasteiger partial charge in [0.1, 0.15) is 18.2 Å². The Kier molecular flexibility index (Phi) is 6.76. The number of ether oxygens (including phenoxy) is 1. The maximum Gasteiger partial charge on any atom is 0.247 e. The molecule has 0 radical (unpaired) electrons. The van der Waals surface area contributed by atoms with Gasteiger partial charge in [-0.1, -0.05) is 42.5 Å². The van der Waals surface area contributed by atoms with Gasteiger partial charge in [0, 0.05) is 47.8 Å². The second-order valence-corrected chi connectivity index (χ2v) is 11.5. The van der Waals surface area contributed by atoms with Crippen molar-refractivity contribution in [3.05, 3.63) is 109 Å². The second-order valence-electron chi connectivity index (χ2n) is 9.55. The van der Waals surface area contributed by atoms with Crippen molar-refractivity contribution in [3.8, 4) is 39.4 Å². The van der Waals surface area contributed by atoms with Crippen LogP contribution in [0.1, 0.15) is 5.56 Å². The van der Waals surface area contributed by atoms with Crippen molar-refractivity contribution in [1.82, 2.24) is 24.7 Å². The van der Waals surface area contributed by atoms with E-state index in [1.165, 1.54) is 18.3 Å². The van der Waals surface area contributed by atoms with Gasteiger partial charge in [0.2, 0.25) is 15.0 Å². The molecule has 0 atom stereocenters. The largest absolute Gasteiger partial charge is 0.489 e. The van der Waals surface area contributed by atoms with Gasteiger partial charge in [0.15, 0.2) is 5.65 Å². The first-order valence-corrected chi connectivity index (χ1v) is 14.6. The SMILES string of the molecule is Cn1cc2c(-c3ccc(OCc4ccccc4)cc3)c(-c3ccnc(S(C)(=O)=O)n3)c(-c3ccc(F)cc3)nc2n1. The summed E-state index contributed by atoms with van der Waals surface area (Å²) in [6, 6.07) is 25.1. The van der Waals surface area contributed by atoms with E-state index in [0.29, 0.717) is 40.5 Å². The zero-order valence-electron chi connectivity index (χ0n) is 22.2. The lowest BCUT2D eigenvalue weighted by Crippen LogP contribution is -2.05. The van der Waals surface area contributed by atoms with Gasteiger partial charge in [-0.05, 0) is 53.6 Å². The molecule has 0 saturated carbocycles. The number of hydrogen-bond donors (Lipinski definition) is 0. The molecule has 3 heterocycles. The van der Waals surface area contributed by atoms with Gasteiger partial charge < -0.3 is 4.74 Å². The number of aryl methyl sites for hydroxylation is 1. The smallest absolute Gasteiger partial charge is 0.247 e.